The van der Waals surface area contributed by atoms with E-state index in [1.54, 1.807) is 6.92 Å². The first-order chi connectivity index (χ1) is 11.5. The molecule has 0 aliphatic carbocycles. The molecule has 0 radical (unpaired) electrons. The van der Waals surface area contributed by atoms with Crippen molar-refractivity contribution in [2.75, 3.05) is 6.61 Å². The first-order valence-electron chi connectivity index (χ1n) is 10.1. The second-order valence-electron chi connectivity index (χ2n) is 6.77. The largest absolute Gasteiger partial charge is 0.462 e. The molecule has 4 heteroatoms. The van der Waals surface area contributed by atoms with Crippen LogP contribution in [0.25, 0.3) is 0 Å². The van der Waals surface area contributed by atoms with Crippen molar-refractivity contribution in [1.29, 1.82) is 0 Å². The van der Waals surface area contributed by atoms with Crippen LogP contribution in [0.15, 0.2) is 0 Å². The molecule has 0 N–H and O–H groups in total. The van der Waals surface area contributed by atoms with Gasteiger partial charge in [0.05, 0.1) is 6.61 Å². The molecule has 0 spiro atoms. The van der Waals surface area contributed by atoms with Crippen molar-refractivity contribution >= 4 is 5.97 Å². The Labute approximate surface area is 147 Å². The Hall–Kier alpha value is -0.670. The average Bonchev–Trinajstić information content (AvgIpc) is 2.55. The van der Waals surface area contributed by atoms with E-state index in [4.69, 9.17) is 0 Å². The number of ether oxygens (including phenoxy) is 1. The van der Waals surface area contributed by atoms with Crippen LogP contribution in [0.4, 0.5) is 8.78 Å². The number of esters is 1. The van der Waals surface area contributed by atoms with Crippen LogP contribution in [0, 0.1) is 0 Å². The van der Waals surface area contributed by atoms with Gasteiger partial charge in [0.25, 0.3) is 0 Å². The second kappa shape index (κ2) is 15.8. The lowest BCUT2D eigenvalue weighted by Gasteiger charge is -2.14. The molecular formula is C20H38F2O2. The van der Waals surface area contributed by atoms with Gasteiger partial charge >= 0.3 is 11.9 Å². The van der Waals surface area contributed by atoms with Crippen LogP contribution in [0.3, 0.4) is 0 Å². The average molecular weight is 349 g/mol. The fourth-order valence-corrected chi connectivity index (χ4v) is 2.88. The lowest BCUT2D eigenvalue weighted by molar-refractivity contribution is -0.172. The monoisotopic (exact) mass is 348 g/mol. The van der Waals surface area contributed by atoms with E-state index in [2.05, 4.69) is 11.7 Å². The highest BCUT2D eigenvalue weighted by atomic mass is 19.3. The molecule has 0 aromatic rings. The predicted molar refractivity (Wildman–Crippen MR) is 96.5 cm³/mol. The molecule has 24 heavy (non-hydrogen) atoms. The lowest BCUT2D eigenvalue weighted by atomic mass is 10.0. The summed E-state index contributed by atoms with van der Waals surface area (Å²) in [6.45, 7) is 3.79. The van der Waals surface area contributed by atoms with Gasteiger partial charge in [0.1, 0.15) is 0 Å². The third kappa shape index (κ3) is 13.7. The number of unbranched alkanes of at least 4 members (excludes halogenated alkanes) is 13. The van der Waals surface area contributed by atoms with Crippen molar-refractivity contribution in [2.24, 2.45) is 0 Å². The SMILES string of the molecule is CCCCCCCCCCCCCCCCC(F)(F)C(=O)OCC. The quantitative estimate of drug-likeness (QED) is 0.208. The third-order valence-corrected chi connectivity index (χ3v) is 4.42. The summed E-state index contributed by atoms with van der Waals surface area (Å²) in [5.41, 5.74) is 0. The van der Waals surface area contributed by atoms with Gasteiger partial charge < -0.3 is 4.74 Å². The van der Waals surface area contributed by atoms with Gasteiger partial charge in [-0.05, 0) is 13.3 Å². The number of hydrogen-bond acceptors (Lipinski definition) is 2. The highest BCUT2D eigenvalue weighted by Gasteiger charge is 2.39. The van der Waals surface area contributed by atoms with Gasteiger partial charge in [0.2, 0.25) is 0 Å². The summed E-state index contributed by atoms with van der Waals surface area (Å²) in [5, 5.41) is 0. The van der Waals surface area contributed by atoms with Crippen LogP contribution in [-0.2, 0) is 9.53 Å². The fraction of sp³-hybridized carbons (Fsp3) is 0.950. The molecule has 0 atom stereocenters. The van der Waals surface area contributed by atoms with Crippen molar-refractivity contribution in [1.82, 2.24) is 0 Å². The van der Waals surface area contributed by atoms with E-state index in [1.165, 1.54) is 64.2 Å². The number of alkyl halides is 2. The van der Waals surface area contributed by atoms with E-state index in [1.807, 2.05) is 0 Å². The van der Waals surface area contributed by atoms with Crippen LogP contribution >= 0.6 is 0 Å². The van der Waals surface area contributed by atoms with Gasteiger partial charge in [0, 0.05) is 6.42 Å². The van der Waals surface area contributed by atoms with Gasteiger partial charge in [-0.1, -0.05) is 90.4 Å². The highest BCUT2D eigenvalue weighted by molar-refractivity contribution is 5.77. The summed E-state index contributed by atoms with van der Waals surface area (Å²) >= 11 is 0. The van der Waals surface area contributed by atoms with Gasteiger partial charge in [-0.2, -0.15) is 8.78 Å². The van der Waals surface area contributed by atoms with Crippen molar-refractivity contribution in [3.05, 3.63) is 0 Å². The zero-order chi connectivity index (χ0) is 18.1. The van der Waals surface area contributed by atoms with Crippen molar-refractivity contribution in [3.8, 4) is 0 Å². The second-order valence-corrected chi connectivity index (χ2v) is 6.77. The smallest absolute Gasteiger partial charge is 0.376 e. The molecular weight excluding hydrogens is 310 g/mol. The van der Waals surface area contributed by atoms with E-state index in [9.17, 15) is 13.6 Å². The number of halogens is 2. The minimum absolute atomic E-state index is 0.00711. The molecule has 0 saturated heterocycles. The maximum absolute atomic E-state index is 13.4. The minimum Gasteiger partial charge on any atom is -0.462 e. The molecule has 0 heterocycles. The van der Waals surface area contributed by atoms with E-state index in [0.29, 0.717) is 6.42 Å². The summed E-state index contributed by atoms with van der Waals surface area (Å²) in [4.78, 5) is 11.1. The van der Waals surface area contributed by atoms with Crippen molar-refractivity contribution < 1.29 is 18.3 Å². The van der Waals surface area contributed by atoms with Crippen LogP contribution in [0.1, 0.15) is 110 Å². The van der Waals surface area contributed by atoms with Gasteiger partial charge in [-0.3, -0.25) is 0 Å². The molecule has 0 aromatic carbocycles. The van der Waals surface area contributed by atoms with Crippen molar-refractivity contribution in [3.63, 3.8) is 0 Å². The number of hydrogen-bond donors (Lipinski definition) is 0. The predicted octanol–water partition coefficient (Wildman–Crippen LogP) is 7.06. The maximum atomic E-state index is 13.4. The Kier molecular flexibility index (Phi) is 15.4. The zero-order valence-corrected chi connectivity index (χ0v) is 15.9. The summed E-state index contributed by atoms with van der Waals surface area (Å²) < 4.78 is 31.1. The molecule has 144 valence electrons. The Morgan fingerprint density at radius 2 is 1.08 bits per heavy atom. The molecule has 0 aliphatic rings. The van der Waals surface area contributed by atoms with Gasteiger partial charge in [0.15, 0.2) is 0 Å². The Morgan fingerprint density at radius 1 is 0.708 bits per heavy atom. The summed E-state index contributed by atoms with van der Waals surface area (Å²) in [5.74, 6) is -4.69. The summed E-state index contributed by atoms with van der Waals surface area (Å²) in [7, 11) is 0. The molecule has 0 aromatic heterocycles. The minimum atomic E-state index is -3.31. The van der Waals surface area contributed by atoms with Crippen LogP contribution in [0.5, 0.6) is 0 Å². The van der Waals surface area contributed by atoms with Gasteiger partial charge in [-0.15, -0.1) is 0 Å². The molecule has 0 aliphatic heterocycles. The molecule has 0 bridgehead atoms. The van der Waals surface area contributed by atoms with E-state index in [0.717, 1.165) is 19.3 Å². The number of carbonyl (C=O) groups is 1. The number of rotatable bonds is 17. The lowest BCUT2D eigenvalue weighted by Crippen LogP contribution is -2.30. The van der Waals surface area contributed by atoms with E-state index >= 15 is 0 Å². The highest BCUT2D eigenvalue weighted by Crippen LogP contribution is 2.24. The standard InChI is InChI=1S/C20H38F2O2/c1-3-5-6-7-8-9-10-11-12-13-14-15-16-17-18-20(21,22)19(23)24-4-2/h3-18H2,1-2H3. The molecule has 0 amide bonds. The molecule has 0 rings (SSSR count). The summed E-state index contributed by atoms with van der Waals surface area (Å²) in [6, 6.07) is 0. The fourth-order valence-electron chi connectivity index (χ4n) is 2.88. The first kappa shape index (κ1) is 23.3. The third-order valence-electron chi connectivity index (χ3n) is 4.42. The molecule has 0 fully saturated rings. The first-order valence-corrected chi connectivity index (χ1v) is 10.1. The Balaban J connectivity index is 3.29. The zero-order valence-electron chi connectivity index (χ0n) is 15.9. The van der Waals surface area contributed by atoms with Gasteiger partial charge in [-0.25, -0.2) is 4.79 Å². The van der Waals surface area contributed by atoms with Crippen LogP contribution in [0.2, 0.25) is 0 Å². The van der Waals surface area contributed by atoms with E-state index in [-0.39, 0.29) is 13.0 Å². The molecule has 2 nitrogen and oxygen atoms in total. The van der Waals surface area contributed by atoms with Crippen LogP contribution in [-0.4, -0.2) is 18.5 Å². The van der Waals surface area contributed by atoms with Crippen LogP contribution < -0.4 is 0 Å². The molecule has 0 unspecified atom stereocenters. The summed E-state index contributed by atoms with van der Waals surface area (Å²) in [6.07, 6.45) is 16.1. The normalized spacial score (nSPS) is 11.7. The number of carbonyl (C=O) groups excluding carboxylic acids is 1. The van der Waals surface area contributed by atoms with E-state index < -0.39 is 11.9 Å². The Morgan fingerprint density at radius 3 is 1.46 bits per heavy atom. The Bertz CT molecular complexity index is 293. The topological polar surface area (TPSA) is 26.3 Å². The maximum Gasteiger partial charge on any atom is 0.376 e. The van der Waals surface area contributed by atoms with Crippen molar-refractivity contribution in [2.45, 2.75) is 116 Å². The molecule has 0 saturated carbocycles.